The van der Waals surface area contributed by atoms with Crippen LogP contribution in [0.15, 0.2) is 112 Å². The third-order valence-corrected chi connectivity index (χ3v) is 5.26. The number of hydrogen-bond donors (Lipinski definition) is 1. The zero-order valence-electron chi connectivity index (χ0n) is 17.4. The molecule has 1 aromatic heterocycles. The van der Waals surface area contributed by atoms with Gasteiger partial charge in [-0.1, -0.05) is 66.7 Å². The highest BCUT2D eigenvalue weighted by Crippen LogP contribution is 2.30. The molecular weight excluding hydrogens is 416 g/mol. The van der Waals surface area contributed by atoms with Crippen molar-refractivity contribution in [1.29, 1.82) is 0 Å². The van der Waals surface area contributed by atoms with Gasteiger partial charge < -0.3 is 9.52 Å². The Balaban J connectivity index is 1.57. The molecule has 0 unspecified atom stereocenters. The number of hydrazone groups is 1. The Morgan fingerprint density at radius 1 is 0.848 bits per heavy atom. The second kappa shape index (κ2) is 8.43. The van der Waals surface area contributed by atoms with Gasteiger partial charge in [0.05, 0.1) is 16.8 Å². The van der Waals surface area contributed by atoms with Crippen LogP contribution < -0.4 is 5.01 Å². The van der Waals surface area contributed by atoms with Gasteiger partial charge in [0.1, 0.15) is 17.2 Å². The summed E-state index contributed by atoms with van der Waals surface area (Å²) < 4.78 is 5.93. The van der Waals surface area contributed by atoms with Gasteiger partial charge in [-0.15, -0.1) is 0 Å². The monoisotopic (exact) mass is 434 g/mol. The van der Waals surface area contributed by atoms with Crippen molar-refractivity contribution in [3.05, 3.63) is 120 Å². The lowest BCUT2D eigenvalue weighted by Gasteiger charge is -2.10. The molecule has 160 valence electrons. The second-order valence-electron chi connectivity index (χ2n) is 7.38. The lowest BCUT2D eigenvalue weighted by atomic mass is 10.0. The number of anilines is 1. The van der Waals surface area contributed by atoms with Gasteiger partial charge in [0, 0.05) is 11.1 Å². The average molecular weight is 434 g/mol. The molecule has 1 N–H and O–H groups in total. The Labute approximate surface area is 189 Å². The van der Waals surface area contributed by atoms with Crippen LogP contribution in [0.25, 0.3) is 17.4 Å². The van der Waals surface area contributed by atoms with Crippen LogP contribution in [-0.2, 0) is 4.79 Å². The second-order valence-corrected chi connectivity index (χ2v) is 7.38. The number of amides is 1. The fraction of sp³-hybridized carbons (Fsp3) is 0. The number of carboxylic acids is 1. The highest BCUT2D eigenvalue weighted by atomic mass is 16.4. The smallest absolute Gasteiger partial charge is 0.336 e. The molecule has 6 heteroatoms. The summed E-state index contributed by atoms with van der Waals surface area (Å²) >= 11 is 0. The zero-order chi connectivity index (χ0) is 22.8. The number of hydrogen-bond acceptors (Lipinski definition) is 4. The standard InChI is InChI=1S/C27H18N2O4/c30-26-23(17-20-15-16-24(33-20)21-13-7-8-14-22(21)27(31)32)25(18-9-3-1-4-10-18)28-29(26)19-11-5-2-6-12-19/h1-17H,(H,31,32). The molecule has 33 heavy (non-hydrogen) atoms. The van der Waals surface area contributed by atoms with Crippen LogP contribution >= 0.6 is 0 Å². The summed E-state index contributed by atoms with van der Waals surface area (Å²) in [6.07, 6.45) is 1.64. The van der Waals surface area contributed by atoms with Gasteiger partial charge in [-0.25, -0.2) is 4.79 Å². The van der Waals surface area contributed by atoms with E-state index in [2.05, 4.69) is 5.10 Å². The molecular formula is C27H18N2O4. The number of carbonyl (C=O) groups is 2. The molecule has 0 fully saturated rings. The number of aromatic carboxylic acids is 1. The summed E-state index contributed by atoms with van der Waals surface area (Å²) in [6.45, 7) is 0. The molecule has 0 aliphatic carbocycles. The van der Waals surface area contributed by atoms with Gasteiger partial charge in [0.15, 0.2) is 0 Å². The number of rotatable bonds is 5. The van der Waals surface area contributed by atoms with Crippen molar-refractivity contribution in [2.24, 2.45) is 5.10 Å². The molecule has 6 nitrogen and oxygen atoms in total. The first-order valence-corrected chi connectivity index (χ1v) is 10.3. The normalized spacial score (nSPS) is 14.5. The minimum absolute atomic E-state index is 0.143. The van der Waals surface area contributed by atoms with E-state index in [4.69, 9.17) is 4.42 Å². The van der Waals surface area contributed by atoms with Crippen molar-refractivity contribution in [3.8, 4) is 11.3 Å². The first-order chi connectivity index (χ1) is 16.1. The van der Waals surface area contributed by atoms with Gasteiger partial charge >= 0.3 is 5.97 Å². The van der Waals surface area contributed by atoms with Crippen molar-refractivity contribution < 1.29 is 19.1 Å². The minimum Gasteiger partial charge on any atom is -0.478 e. The predicted octanol–water partition coefficient (Wildman–Crippen LogP) is 5.48. The molecule has 0 saturated heterocycles. The number of furan rings is 1. The molecule has 1 aliphatic heterocycles. The van der Waals surface area contributed by atoms with Crippen LogP contribution in [-0.4, -0.2) is 22.7 Å². The van der Waals surface area contributed by atoms with E-state index in [0.29, 0.717) is 34.1 Å². The number of carboxylic acid groups (broad SMARTS) is 1. The number of nitrogens with zero attached hydrogens (tertiary/aromatic N) is 2. The van der Waals surface area contributed by atoms with E-state index in [1.807, 2.05) is 60.7 Å². The number of benzene rings is 3. The third kappa shape index (κ3) is 3.85. The van der Waals surface area contributed by atoms with E-state index in [-0.39, 0.29) is 11.5 Å². The van der Waals surface area contributed by atoms with Crippen LogP contribution in [0.1, 0.15) is 21.7 Å². The van der Waals surface area contributed by atoms with Gasteiger partial charge in [0.2, 0.25) is 0 Å². The molecule has 1 aliphatic rings. The van der Waals surface area contributed by atoms with E-state index >= 15 is 0 Å². The summed E-state index contributed by atoms with van der Waals surface area (Å²) in [4.78, 5) is 24.9. The molecule has 0 bridgehead atoms. The van der Waals surface area contributed by atoms with Crippen LogP contribution in [0, 0.1) is 0 Å². The molecule has 2 heterocycles. The van der Waals surface area contributed by atoms with Crippen molar-refractivity contribution >= 4 is 29.4 Å². The maximum absolute atomic E-state index is 13.3. The van der Waals surface area contributed by atoms with Crippen molar-refractivity contribution in [2.75, 3.05) is 5.01 Å². The summed E-state index contributed by atoms with van der Waals surface area (Å²) in [5.41, 5.74) is 3.00. The van der Waals surface area contributed by atoms with Crippen LogP contribution in [0.4, 0.5) is 5.69 Å². The molecule has 0 radical (unpaired) electrons. The largest absolute Gasteiger partial charge is 0.478 e. The SMILES string of the molecule is O=C(O)c1ccccc1-c1ccc(C=C2C(=O)N(c3ccccc3)N=C2c2ccccc2)o1. The summed E-state index contributed by atoms with van der Waals surface area (Å²) in [6, 6.07) is 28.7. The topological polar surface area (TPSA) is 83.1 Å². The van der Waals surface area contributed by atoms with E-state index in [0.717, 1.165) is 5.56 Å². The van der Waals surface area contributed by atoms with Crippen molar-refractivity contribution in [1.82, 2.24) is 0 Å². The highest BCUT2D eigenvalue weighted by Gasteiger charge is 2.32. The molecule has 0 saturated carbocycles. The molecule has 4 aromatic rings. The fourth-order valence-corrected chi connectivity index (χ4v) is 3.70. The lowest BCUT2D eigenvalue weighted by Crippen LogP contribution is -2.21. The number of carbonyl (C=O) groups excluding carboxylic acids is 1. The maximum atomic E-state index is 13.3. The van der Waals surface area contributed by atoms with E-state index in [1.165, 1.54) is 11.1 Å². The predicted molar refractivity (Wildman–Crippen MR) is 126 cm³/mol. The van der Waals surface area contributed by atoms with Gasteiger partial charge in [0.25, 0.3) is 5.91 Å². The van der Waals surface area contributed by atoms with E-state index < -0.39 is 5.97 Å². The molecule has 0 atom stereocenters. The Morgan fingerprint density at radius 2 is 1.52 bits per heavy atom. The fourth-order valence-electron chi connectivity index (χ4n) is 3.70. The quantitative estimate of drug-likeness (QED) is 0.422. The minimum atomic E-state index is -1.04. The molecule has 3 aromatic carbocycles. The van der Waals surface area contributed by atoms with E-state index in [9.17, 15) is 14.7 Å². The van der Waals surface area contributed by atoms with Gasteiger partial charge in [-0.3, -0.25) is 4.79 Å². The van der Waals surface area contributed by atoms with Gasteiger partial charge in [-0.05, 0) is 36.4 Å². The Kier molecular flexibility index (Phi) is 5.16. The summed E-state index contributed by atoms with van der Waals surface area (Å²) in [5, 5.41) is 15.5. The maximum Gasteiger partial charge on any atom is 0.336 e. The van der Waals surface area contributed by atoms with Crippen LogP contribution in [0.5, 0.6) is 0 Å². The molecule has 1 amide bonds. The summed E-state index contributed by atoms with van der Waals surface area (Å²) in [7, 11) is 0. The molecule has 0 spiro atoms. The zero-order valence-corrected chi connectivity index (χ0v) is 17.4. The molecule has 5 rings (SSSR count). The Hall–Kier alpha value is -4.71. The summed E-state index contributed by atoms with van der Waals surface area (Å²) in [5.74, 6) is -0.482. The highest BCUT2D eigenvalue weighted by molar-refractivity contribution is 6.37. The third-order valence-electron chi connectivity index (χ3n) is 5.26. The van der Waals surface area contributed by atoms with Gasteiger partial charge in [-0.2, -0.15) is 10.1 Å². The first-order valence-electron chi connectivity index (χ1n) is 10.3. The van der Waals surface area contributed by atoms with Crippen LogP contribution in [0.3, 0.4) is 0 Å². The Bertz CT molecular complexity index is 1400. The van der Waals surface area contributed by atoms with Crippen molar-refractivity contribution in [2.45, 2.75) is 0 Å². The first kappa shape index (κ1) is 20.2. The van der Waals surface area contributed by atoms with E-state index in [1.54, 1.807) is 36.4 Å². The van der Waals surface area contributed by atoms with Crippen molar-refractivity contribution in [3.63, 3.8) is 0 Å². The van der Waals surface area contributed by atoms with Crippen LogP contribution in [0.2, 0.25) is 0 Å². The Morgan fingerprint density at radius 3 is 2.24 bits per heavy atom. The average Bonchev–Trinajstić information content (AvgIpc) is 3.45. The lowest BCUT2D eigenvalue weighted by molar-refractivity contribution is -0.114. The number of para-hydroxylation sites is 1.